The molecule has 268 valence electrons. The Balaban J connectivity index is 0.896. The quantitative estimate of drug-likeness (QED) is 0.0603. The van der Waals surface area contributed by atoms with E-state index in [2.05, 4.69) is 15.2 Å². The number of carbonyl (C=O) groups excluding carboxylic acids is 1. The fraction of sp³-hybridized carbons (Fsp3) is 0.463. The van der Waals surface area contributed by atoms with E-state index in [0.717, 1.165) is 57.4 Å². The Hall–Kier alpha value is -4.02. The first-order chi connectivity index (χ1) is 24.3. The average Bonchev–Trinajstić information content (AvgIpc) is 3.14. The summed E-state index contributed by atoms with van der Waals surface area (Å²) >= 11 is 0. The third-order valence-electron chi connectivity index (χ3n) is 9.98. The first-order valence-electron chi connectivity index (χ1n) is 18.3. The fourth-order valence-electron chi connectivity index (χ4n) is 6.95. The molecule has 1 unspecified atom stereocenters. The maximum absolute atomic E-state index is 13.3. The molecule has 2 atom stereocenters. The number of hydrogen-bond donors (Lipinski definition) is 5. The Labute approximate surface area is 295 Å². The van der Waals surface area contributed by atoms with E-state index in [1.807, 2.05) is 48.5 Å². The van der Waals surface area contributed by atoms with Gasteiger partial charge in [0.15, 0.2) is 5.60 Å². The molecule has 0 amide bonds. The first-order valence-corrected chi connectivity index (χ1v) is 18.3. The second kappa shape index (κ2) is 18.8. The number of aliphatic hydroxyl groups is 2. The van der Waals surface area contributed by atoms with Crippen LogP contribution in [0.15, 0.2) is 89.7 Å². The number of ether oxygens (including phenoxy) is 1. The molecule has 4 aromatic rings. The van der Waals surface area contributed by atoms with Crippen LogP contribution in [-0.4, -0.2) is 70.5 Å². The number of esters is 1. The number of nitrogens with zero attached hydrogens (tertiary/aromatic N) is 1. The van der Waals surface area contributed by atoms with E-state index >= 15 is 0 Å². The van der Waals surface area contributed by atoms with Crippen molar-refractivity contribution in [2.24, 2.45) is 5.92 Å². The summed E-state index contributed by atoms with van der Waals surface area (Å²) < 4.78 is 5.79. The van der Waals surface area contributed by atoms with E-state index in [1.165, 1.54) is 44.2 Å². The van der Waals surface area contributed by atoms with Crippen LogP contribution < -0.4 is 10.9 Å². The number of benzene rings is 3. The Morgan fingerprint density at radius 3 is 2.26 bits per heavy atom. The van der Waals surface area contributed by atoms with Gasteiger partial charge in [0.25, 0.3) is 0 Å². The number of fused-ring (bicyclic) bond motifs is 1. The number of pyridine rings is 1. The number of unbranched alkanes of at least 4 members (excludes halogenated alkanes) is 6. The van der Waals surface area contributed by atoms with Crippen molar-refractivity contribution < 1.29 is 24.9 Å². The standard InChI is InChI=1S/C41H53N3O6/c45-36-20-18-34(35-19-21-38(47)43-39(35)36)37(46)29-42-24-12-4-2-1-3-5-13-25-44-26-22-32(23-27-44)30-50-40(48)41(49,33-16-10-7-11-17-33)28-31-14-8-6-9-15-31/h6-11,14-21,32,37,42,45-46,49H,1-5,12-13,22-30H2,(H,43,47)/t37-,41?/m0/s1. The first kappa shape index (κ1) is 37.2. The van der Waals surface area contributed by atoms with Crippen LogP contribution in [0.1, 0.15) is 80.6 Å². The van der Waals surface area contributed by atoms with Crippen molar-refractivity contribution in [2.75, 3.05) is 39.3 Å². The van der Waals surface area contributed by atoms with Crippen LogP contribution in [0, 0.1) is 5.92 Å². The van der Waals surface area contributed by atoms with Crippen LogP contribution in [0.5, 0.6) is 5.75 Å². The second-order valence-corrected chi connectivity index (χ2v) is 13.8. The summed E-state index contributed by atoms with van der Waals surface area (Å²) in [5, 5.41) is 36.3. The largest absolute Gasteiger partial charge is 0.506 e. The molecule has 0 bridgehead atoms. The zero-order valence-corrected chi connectivity index (χ0v) is 29.1. The Morgan fingerprint density at radius 2 is 1.54 bits per heavy atom. The molecule has 2 heterocycles. The second-order valence-electron chi connectivity index (χ2n) is 13.8. The minimum absolute atomic E-state index is 0.00592. The number of phenols is 1. The van der Waals surface area contributed by atoms with Gasteiger partial charge in [-0.15, -0.1) is 0 Å². The van der Waals surface area contributed by atoms with Gasteiger partial charge in [-0.1, -0.05) is 98.8 Å². The lowest BCUT2D eigenvalue weighted by atomic mass is 9.87. The van der Waals surface area contributed by atoms with E-state index in [4.69, 9.17) is 4.74 Å². The molecule has 1 fully saturated rings. The van der Waals surface area contributed by atoms with Crippen LogP contribution in [-0.2, 0) is 21.6 Å². The van der Waals surface area contributed by atoms with Crippen LogP contribution in [0.2, 0.25) is 0 Å². The normalized spacial score (nSPS) is 15.9. The minimum Gasteiger partial charge on any atom is -0.506 e. The number of aromatic hydroxyl groups is 1. The summed E-state index contributed by atoms with van der Waals surface area (Å²) in [5.74, 6) is -0.275. The van der Waals surface area contributed by atoms with Crippen molar-refractivity contribution in [3.8, 4) is 5.75 Å². The maximum Gasteiger partial charge on any atom is 0.343 e. The van der Waals surface area contributed by atoms with E-state index in [1.54, 1.807) is 24.3 Å². The zero-order valence-electron chi connectivity index (χ0n) is 29.1. The molecule has 3 aromatic carbocycles. The lowest BCUT2D eigenvalue weighted by Gasteiger charge is -2.33. The summed E-state index contributed by atoms with van der Waals surface area (Å²) in [4.78, 5) is 30.1. The van der Waals surface area contributed by atoms with Crippen molar-refractivity contribution in [2.45, 2.75) is 75.9 Å². The number of nitrogens with one attached hydrogen (secondary N) is 2. The van der Waals surface area contributed by atoms with E-state index in [-0.39, 0.29) is 17.7 Å². The highest BCUT2D eigenvalue weighted by molar-refractivity contribution is 5.87. The molecule has 1 saturated heterocycles. The summed E-state index contributed by atoms with van der Waals surface area (Å²) in [5.41, 5.74) is 0.453. The monoisotopic (exact) mass is 683 g/mol. The van der Waals surface area contributed by atoms with Gasteiger partial charge in [-0.05, 0) is 86.6 Å². The van der Waals surface area contributed by atoms with Crippen LogP contribution in [0.4, 0.5) is 0 Å². The summed E-state index contributed by atoms with van der Waals surface area (Å²) in [6, 6.07) is 24.9. The molecule has 0 aliphatic carbocycles. The van der Waals surface area contributed by atoms with Gasteiger partial charge in [0.05, 0.1) is 18.2 Å². The van der Waals surface area contributed by atoms with Gasteiger partial charge < -0.3 is 35.3 Å². The average molecular weight is 684 g/mol. The van der Waals surface area contributed by atoms with Gasteiger partial charge in [-0.25, -0.2) is 4.79 Å². The molecule has 50 heavy (non-hydrogen) atoms. The van der Waals surface area contributed by atoms with E-state index in [9.17, 15) is 24.9 Å². The smallest absolute Gasteiger partial charge is 0.343 e. The lowest BCUT2D eigenvalue weighted by molar-refractivity contribution is -0.168. The highest BCUT2D eigenvalue weighted by Crippen LogP contribution is 2.30. The molecule has 9 heteroatoms. The molecular weight excluding hydrogens is 630 g/mol. The van der Waals surface area contributed by atoms with Gasteiger partial charge >= 0.3 is 5.97 Å². The molecule has 1 aliphatic rings. The molecule has 0 spiro atoms. The van der Waals surface area contributed by atoms with Crippen LogP contribution >= 0.6 is 0 Å². The molecular formula is C41H53N3O6. The van der Waals surface area contributed by atoms with Crippen molar-refractivity contribution in [3.63, 3.8) is 0 Å². The summed E-state index contributed by atoms with van der Waals surface area (Å²) in [6.07, 6.45) is 9.73. The topological polar surface area (TPSA) is 135 Å². The van der Waals surface area contributed by atoms with Crippen LogP contribution in [0.25, 0.3) is 10.9 Å². The number of piperidine rings is 1. The number of aromatic nitrogens is 1. The van der Waals surface area contributed by atoms with E-state index < -0.39 is 17.7 Å². The third kappa shape index (κ3) is 10.5. The van der Waals surface area contributed by atoms with Crippen LogP contribution in [0.3, 0.4) is 0 Å². The Bertz CT molecular complexity index is 1670. The number of rotatable bonds is 19. The zero-order chi connectivity index (χ0) is 35.2. The third-order valence-corrected chi connectivity index (χ3v) is 9.98. The van der Waals surface area contributed by atoms with Gasteiger partial charge in [0, 0.05) is 24.4 Å². The van der Waals surface area contributed by atoms with Gasteiger partial charge in [-0.2, -0.15) is 0 Å². The SMILES string of the molecule is O=C(OCC1CCN(CCCCCCCCCNC[C@H](O)c2ccc(O)c3[nH]c(=O)ccc23)CC1)C(O)(Cc1ccccc1)c1ccccc1. The number of H-pyrrole nitrogens is 1. The number of likely N-dealkylation sites (tertiary alicyclic amines) is 1. The summed E-state index contributed by atoms with van der Waals surface area (Å²) in [7, 11) is 0. The van der Waals surface area contributed by atoms with Crippen molar-refractivity contribution in [1.82, 2.24) is 15.2 Å². The Kier molecular flexibility index (Phi) is 14.0. The van der Waals surface area contributed by atoms with Gasteiger partial charge in [-0.3, -0.25) is 4.79 Å². The molecule has 1 aliphatic heterocycles. The van der Waals surface area contributed by atoms with E-state index in [0.29, 0.717) is 41.1 Å². The van der Waals surface area contributed by atoms with Gasteiger partial charge in [0.1, 0.15) is 5.75 Å². The highest BCUT2D eigenvalue weighted by atomic mass is 16.5. The predicted octanol–water partition coefficient (Wildman–Crippen LogP) is 5.97. The molecule has 1 aromatic heterocycles. The number of aliphatic hydroxyl groups excluding tert-OH is 1. The number of phenolic OH excluding ortho intramolecular Hbond substituents is 1. The predicted molar refractivity (Wildman–Crippen MR) is 197 cm³/mol. The van der Waals surface area contributed by atoms with Crippen molar-refractivity contribution in [1.29, 1.82) is 0 Å². The molecule has 5 rings (SSSR count). The van der Waals surface area contributed by atoms with Gasteiger partial charge in [0.2, 0.25) is 5.56 Å². The lowest BCUT2D eigenvalue weighted by Crippen LogP contribution is -2.41. The number of aromatic amines is 1. The summed E-state index contributed by atoms with van der Waals surface area (Å²) in [6.45, 7) is 4.72. The molecule has 0 radical (unpaired) electrons. The molecule has 0 saturated carbocycles. The minimum atomic E-state index is -1.72. The van der Waals surface area contributed by atoms with Crippen molar-refractivity contribution in [3.05, 3.63) is 112 Å². The highest BCUT2D eigenvalue weighted by Gasteiger charge is 2.40. The molecule has 9 nitrogen and oxygen atoms in total. The fourth-order valence-corrected chi connectivity index (χ4v) is 6.95. The Morgan fingerprint density at radius 1 is 0.880 bits per heavy atom. The molecule has 5 N–H and O–H groups in total. The van der Waals surface area contributed by atoms with Crippen molar-refractivity contribution >= 4 is 16.9 Å². The maximum atomic E-state index is 13.3. The number of hydrogen-bond acceptors (Lipinski definition) is 8. The number of carbonyl (C=O) groups is 1.